The van der Waals surface area contributed by atoms with Crippen LogP contribution in [0.2, 0.25) is 10.0 Å². The topological polar surface area (TPSA) is 75.7 Å². The Balaban J connectivity index is 2.29. The van der Waals surface area contributed by atoms with E-state index in [1.54, 1.807) is 12.1 Å². The molecular formula is C14H10Cl2FN5. The van der Waals surface area contributed by atoms with Crippen molar-refractivity contribution in [1.82, 2.24) is 10.4 Å². The zero-order chi connectivity index (χ0) is 15.7. The average Bonchev–Trinajstić information content (AvgIpc) is 2.71. The van der Waals surface area contributed by atoms with Crippen molar-refractivity contribution in [3.63, 3.8) is 0 Å². The number of fused-ring (bicyclic) bond motifs is 1. The van der Waals surface area contributed by atoms with Crippen LogP contribution in [0.3, 0.4) is 0 Å². The van der Waals surface area contributed by atoms with E-state index in [9.17, 15) is 4.39 Å². The van der Waals surface area contributed by atoms with E-state index in [1.165, 1.54) is 18.3 Å². The highest BCUT2D eigenvalue weighted by Gasteiger charge is 2.23. The third-order valence-electron chi connectivity index (χ3n) is 3.10. The van der Waals surface area contributed by atoms with Gasteiger partial charge in [-0.3, -0.25) is 9.98 Å². The summed E-state index contributed by atoms with van der Waals surface area (Å²) >= 11 is 12.4. The minimum atomic E-state index is -0.507. The lowest BCUT2D eigenvalue weighted by Gasteiger charge is -2.11. The van der Waals surface area contributed by atoms with Crippen LogP contribution in [0.5, 0.6) is 0 Å². The van der Waals surface area contributed by atoms with E-state index < -0.39 is 5.82 Å². The van der Waals surface area contributed by atoms with Crippen molar-refractivity contribution in [2.45, 2.75) is 0 Å². The Kier molecular flexibility index (Phi) is 4.06. The summed E-state index contributed by atoms with van der Waals surface area (Å²) in [5, 5.41) is 0.564. The van der Waals surface area contributed by atoms with Crippen molar-refractivity contribution in [3.05, 3.63) is 57.6 Å². The first-order valence-corrected chi connectivity index (χ1v) is 7.05. The summed E-state index contributed by atoms with van der Waals surface area (Å²) in [5.41, 5.74) is 3.75. The lowest BCUT2D eigenvalue weighted by molar-refractivity contribution is 0.618. The summed E-state index contributed by atoms with van der Waals surface area (Å²) in [6.07, 6.45) is 1.48. The molecule has 2 heterocycles. The Morgan fingerprint density at radius 1 is 1.23 bits per heavy atom. The second-order valence-corrected chi connectivity index (χ2v) is 5.24. The molecule has 1 aromatic carbocycles. The fraction of sp³-hybridized carbons (Fsp3) is 0.0714. The fourth-order valence-electron chi connectivity index (χ4n) is 2.10. The Morgan fingerprint density at radius 3 is 2.77 bits per heavy atom. The monoisotopic (exact) mass is 337 g/mol. The van der Waals surface area contributed by atoms with Gasteiger partial charge in [0.2, 0.25) is 0 Å². The molecule has 0 unspecified atom stereocenters. The van der Waals surface area contributed by atoms with Crippen LogP contribution in [0.25, 0.3) is 0 Å². The number of pyridine rings is 1. The van der Waals surface area contributed by atoms with Gasteiger partial charge in [-0.15, -0.1) is 0 Å². The second kappa shape index (κ2) is 6.00. The van der Waals surface area contributed by atoms with E-state index in [4.69, 9.17) is 29.0 Å². The number of hydrogen-bond donors (Lipinski definition) is 2. The van der Waals surface area contributed by atoms with Crippen LogP contribution < -0.4 is 11.3 Å². The van der Waals surface area contributed by atoms with Crippen molar-refractivity contribution in [3.8, 4) is 0 Å². The number of halogens is 3. The van der Waals surface area contributed by atoms with Crippen LogP contribution >= 0.6 is 23.2 Å². The number of nitrogens with zero attached hydrogens (tertiary/aromatic N) is 3. The van der Waals surface area contributed by atoms with Gasteiger partial charge in [0, 0.05) is 11.8 Å². The number of rotatable bonds is 1. The molecule has 0 spiro atoms. The van der Waals surface area contributed by atoms with Crippen LogP contribution in [0.1, 0.15) is 11.3 Å². The Labute approximate surface area is 135 Å². The van der Waals surface area contributed by atoms with Crippen molar-refractivity contribution < 1.29 is 4.39 Å². The average molecular weight is 338 g/mol. The molecule has 8 heteroatoms. The van der Waals surface area contributed by atoms with Crippen molar-refractivity contribution in [1.29, 1.82) is 0 Å². The predicted molar refractivity (Wildman–Crippen MR) is 85.6 cm³/mol. The SMILES string of the molecule is NNC1=Nc2ccc(Cl)c(Cl)c2C(c2ncccc2F)=NC1. The summed E-state index contributed by atoms with van der Waals surface area (Å²) in [4.78, 5) is 12.7. The normalized spacial score (nSPS) is 13.8. The largest absolute Gasteiger partial charge is 0.310 e. The van der Waals surface area contributed by atoms with E-state index >= 15 is 0 Å². The second-order valence-electron chi connectivity index (χ2n) is 4.46. The highest BCUT2D eigenvalue weighted by molar-refractivity contribution is 6.45. The molecule has 0 fully saturated rings. The molecule has 0 saturated heterocycles. The number of nitrogens with two attached hydrogens (primary N) is 1. The molecule has 1 aliphatic heterocycles. The number of nitrogens with one attached hydrogen (secondary N) is 1. The van der Waals surface area contributed by atoms with Gasteiger partial charge < -0.3 is 5.43 Å². The lowest BCUT2D eigenvalue weighted by atomic mass is 10.0. The predicted octanol–water partition coefficient (Wildman–Crippen LogP) is 2.87. The van der Waals surface area contributed by atoms with Crippen molar-refractivity contribution >= 4 is 40.4 Å². The summed E-state index contributed by atoms with van der Waals surface area (Å²) in [6, 6.07) is 6.08. The highest BCUT2D eigenvalue weighted by Crippen LogP contribution is 2.36. The zero-order valence-electron chi connectivity index (χ0n) is 11.1. The molecule has 0 amide bonds. The van der Waals surface area contributed by atoms with Gasteiger partial charge in [0.25, 0.3) is 0 Å². The molecule has 5 nitrogen and oxygen atoms in total. The van der Waals surface area contributed by atoms with Crippen molar-refractivity contribution in [2.75, 3.05) is 6.54 Å². The highest BCUT2D eigenvalue weighted by atomic mass is 35.5. The van der Waals surface area contributed by atoms with Gasteiger partial charge in [-0.05, 0) is 24.3 Å². The van der Waals surface area contributed by atoms with Gasteiger partial charge in [-0.1, -0.05) is 23.2 Å². The van der Waals surface area contributed by atoms with E-state index in [0.29, 0.717) is 22.1 Å². The number of aromatic nitrogens is 1. The Morgan fingerprint density at radius 2 is 2.05 bits per heavy atom. The maximum Gasteiger partial charge on any atom is 0.151 e. The Hall–Kier alpha value is -2.02. The summed E-state index contributed by atoms with van der Waals surface area (Å²) in [7, 11) is 0. The van der Waals surface area contributed by atoms with Crippen molar-refractivity contribution in [2.24, 2.45) is 15.8 Å². The summed E-state index contributed by atoms with van der Waals surface area (Å²) in [5.74, 6) is 5.33. The van der Waals surface area contributed by atoms with Crippen LogP contribution in [0, 0.1) is 5.82 Å². The summed E-state index contributed by atoms with van der Waals surface area (Å²) < 4.78 is 14.1. The van der Waals surface area contributed by atoms with Crippen LogP contribution in [0.4, 0.5) is 10.1 Å². The third-order valence-corrected chi connectivity index (χ3v) is 3.91. The minimum absolute atomic E-state index is 0.0846. The molecule has 0 atom stereocenters. The first kappa shape index (κ1) is 14.9. The van der Waals surface area contributed by atoms with Crippen LogP contribution in [-0.2, 0) is 0 Å². The van der Waals surface area contributed by atoms with Gasteiger partial charge in [0.1, 0.15) is 11.5 Å². The van der Waals surface area contributed by atoms with Gasteiger partial charge >= 0.3 is 0 Å². The van der Waals surface area contributed by atoms with Gasteiger partial charge in [0.15, 0.2) is 5.82 Å². The number of hydrogen-bond acceptors (Lipinski definition) is 5. The number of amidine groups is 1. The van der Waals surface area contributed by atoms with Gasteiger partial charge in [0.05, 0.1) is 28.0 Å². The summed E-state index contributed by atoms with van der Waals surface area (Å²) in [6.45, 7) is 0.143. The molecule has 0 bridgehead atoms. The molecule has 0 saturated carbocycles. The molecule has 1 aromatic heterocycles. The number of aliphatic imine (C=N–C) groups is 2. The Bertz CT molecular complexity index is 804. The molecule has 112 valence electrons. The molecular weight excluding hydrogens is 328 g/mol. The molecule has 1 aliphatic rings. The van der Waals surface area contributed by atoms with E-state index in [-0.39, 0.29) is 23.0 Å². The number of hydrazine groups is 1. The lowest BCUT2D eigenvalue weighted by Crippen LogP contribution is -2.32. The van der Waals surface area contributed by atoms with Gasteiger partial charge in [-0.2, -0.15) is 0 Å². The van der Waals surface area contributed by atoms with Crippen LogP contribution in [-0.4, -0.2) is 23.1 Å². The minimum Gasteiger partial charge on any atom is -0.310 e. The molecule has 3 N–H and O–H groups in total. The maximum absolute atomic E-state index is 14.1. The zero-order valence-corrected chi connectivity index (χ0v) is 12.7. The molecule has 0 aliphatic carbocycles. The first-order chi connectivity index (χ1) is 10.6. The first-order valence-electron chi connectivity index (χ1n) is 6.29. The third kappa shape index (κ3) is 2.56. The van der Waals surface area contributed by atoms with E-state index in [0.717, 1.165) is 0 Å². The quantitative estimate of drug-likeness (QED) is 0.620. The van der Waals surface area contributed by atoms with Crippen LogP contribution in [0.15, 0.2) is 40.4 Å². The smallest absolute Gasteiger partial charge is 0.151 e. The molecule has 22 heavy (non-hydrogen) atoms. The fourth-order valence-corrected chi connectivity index (χ4v) is 2.51. The molecule has 2 aromatic rings. The maximum atomic E-state index is 14.1. The molecule has 3 rings (SSSR count). The molecule has 0 radical (unpaired) electrons. The number of benzene rings is 1. The van der Waals surface area contributed by atoms with E-state index in [1.807, 2.05) is 0 Å². The van der Waals surface area contributed by atoms with E-state index in [2.05, 4.69) is 20.4 Å². The van der Waals surface area contributed by atoms with Gasteiger partial charge in [-0.25, -0.2) is 15.2 Å². The standard InChI is InChI=1S/C14H10Cl2FN5/c15-7-3-4-9-11(12(7)16)14(20-6-10(21-9)22-18)13-8(17)2-1-5-19-13/h1-5H,6,18H2,(H,21,22).